The first-order chi connectivity index (χ1) is 12.6. The molecule has 3 heterocycles. The minimum atomic E-state index is -0.773. The zero-order valence-corrected chi connectivity index (χ0v) is 15.3. The van der Waals surface area contributed by atoms with Crippen molar-refractivity contribution < 1.29 is 19.1 Å². The summed E-state index contributed by atoms with van der Waals surface area (Å²) < 4.78 is 10.6. The van der Waals surface area contributed by atoms with Crippen LogP contribution in [0.5, 0.6) is 11.5 Å². The molecule has 1 fully saturated rings. The molecule has 7 heteroatoms. The van der Waals surface area contributed by atoms with Crippen molar-refractivity contribution >= 4 is 23.2 Å². The van der Waals surface area contributed by atoms with Crippen LogP contribution in [0.4, 0.5) is 0 Å². The highest BCUT2D eigenvalue weighted by Gasteiger charge is 2.49. The topological polar surface area (TPSA) is 67.9 Å². The first-order valence-electron chi connectivity index (χ1n) is 8.56. The summed E-state index contributed by atoms with van der Waals surface area (Å²) >= 11 is 1.56. The summed E-state index contributed by atoms with van der Waals surface area (Å²) in [6.07, 6.45) is 1.03. The van der Waals surface area contributed by atoms with Crippen LogP contribution in [-0.4, -0.2) is 35.6 Å². The summed E-state index contributed by atoms with van der Waals surface area (Å²) in [5.74, 6) is 1.29. The molecule has 26 heavy (non-hydrogen) atoms. The Kier molecular flexibility index (Phi) is 4.32. The Balaban J connectivity index is 1.37. The Morgan fingerprint density at radius 3 is 2.85 bits per heavy atom. The molecule has 2 aliphatic heterocycles. The van der Waals surface area contributed by atoms with Gasteiger partial charge in [0.15, 0.2) is 11.5 Å². The number of carbonyl (C=O) groups is 2. The van der Waals surface area contributed by atoms with E-state index in [9.17, 15) is 9.59 Å². The number of hydrogen-bond donors (Lipinski definition) is 1. The van der Waals surface area contributed by atoms with Gasteiger partial charge in [0.05, 0.1) is 6.42 Å². The third kappa shape index (κ3) is 3.03. The predicted molar refractivity (Wildman–Crippen MR) is 97.2 cm³/mol. The van der Waals surface area contributed by atoms with Crippen LogP contribution in [0.2, 0.25) is 0 Å². The number of likely N-dealkylation sites (tertiary alicyclic amines) is 1. The minimum absolute atomic E-state index is 0.000528. The van der Waals surface area contributed by atoms with Crippen molar-refractivity contribution in [1.29, 1.82) is 0 Å². The van der Waals surface area contributed by atoms with Crippen LogP contribution in [0.1, 0.15) is 23.8 Å². The lowest BCUT2D eigenvalue weighted by Crippen LogP contribution is -2.67. The van der Waals surface area contributed by atoms with Gasteiger partial charge in [-0.3, -0.25) is 9.59 Å². The fourth-order valence-corrected chi connectivity index (χ4v) is 3.97. The van der Waals surface area contributed by atoms with Gasteiger partial charge in [0.2, 0.25) is 18.6 Å². The first kappa shape index (κ1) is 16.9. The van der Waals surface area contributed by atoms with E-state index in [1.54, 1.807) is 16.2 Å². The molecule has 0 aliphatic carbocycles. The second kappa shape index (κ2) is 6.64. The summed E-state index contributed by atoms with van der Waals surface area (Å²) in [5.41, 5.74) is 0.159. The van der Waals surface area contributed by atoms with Crippen molar-refractivity contribution in [2.45, 2.75) is 31.8 Å². The summed E-state index contributed by atoms with van der Waals surface area (Å²) in [6, 6.07) is 9.48. The third-order valence-electron chi connectivity index (χ3n) is 5.00. The number of nitrogens with zero attached hydrogens (tertiary/aromatic N) is 1. The molecule has 2 aromatic rings. The SMILES string of the molecule is CC1(C(=O)NCc2ccc3c(c2)OCO3)CCN1C(=O)Cc1cccs1. The normalized spacial score (nSPS) is 20.6. The second-order valence-corrected chi connectivity index (χ2v) is 7.73. The minimum Gasteiger partial charge on any atom is -0.454 e. The van der Waals surface area contributed by atoms with Crippen molar-refractivity contribution in [2.24, 2.45) is 0 Å². The van der Waals surface area contributed by atoms with Gasteiger partial charge in [-0.25, -0.2) is 0 Å². The maximum Gasteiger partial charge on any atom is 0.246 e. The van der Waals surface area contributed by atoms with Gasteiger partial charge < -0.3 is 19.7 Å². The lowest BCUT2D eigenvalue weighted by molar-refractivity contribution is -0.157. The van der Waals surface area contributed by atoms with Gasteiger partial charge in [-0.15, -0.1) is 11.3 Å². The van der Waals surface area contributed by atoms with Crippen molar-refractivity contribution in [3.05, 3.63) is 46.2 Å². The van der Waals surface area contributed by atoms with Crippen LogP contribution in [0.3, 0.4) is 0 Å². The summed E-state index contributed by atoms with van der Waals surface area (Å²) in [6.45, 7) is 3.07. The van der Waals surface area contributed by atoms with Crippen LogP contribution in [0.25, 0.3) is 0 Å². The maximum absolute atomic E-state index is 12.7. The molecule has 6 nitrogen and oxygen atoms in total. The molecule has 136 valence electrons. The summed E-state index contributed by atoms with van der Waals surface area (Å²) in [5, 5.41) is 4.90. The number of rotatable bonds is 5. The fraction of sp³-hybridized carbons (Fsp3) is 0.368. The number of nitrogens with one attached hydrogen (secondary N) is 1. The zero-order valence-electron chi connectivity index (χ0n) is 14.5. The van der Waals surface area contributed by atoms with E-state index in [1.807, 2.05) is 42.6 Å². The lowest BCUT2D eigenvalue weighted by atomic mass is 9.85. The van der Waals surface area contributed by atoms with E-state index in [0.717, 1.165) is 16.2 Å². The Labute approximate surface area is 155 Å². The highest BCUT2D eigenvalue weighted by atomic mass is 32.1. The maximum atomic E-state index is 12.7. The van der Waals surface area contributed by atoms with Gasteiger partial charge in [0.1, 0.15) is 5.54 Å². The Hall–Kier alpha value is -2.54. The average molecular weight is 372 g/mol. The largest absolute Gasteiger partial charge is 0.454 e. The van der Waals surface area contributed by atoms with Crippen LogP contribution in [-0.2, 0) is 22.6 Å². The quantitative estimate of drug-likeness (QED) is 0.875. The Morgan fingerprint density at radius 2 is 2.12 bits per heavy atom. The second-order valence-electron chi connectivity index (χ2n) is 6.70. The number of carbonyl (C=O) groups excluding carboxylic acids is 2. The lowest BCUT2D eigenvalue weighted by Gasteiger charge is -2.49. The van der Waals surface area contributed by atoms with E-state index in [-0.39, 0.29) is 18.6 Å². The highest BCUT2D eigenvalue weighted by molar-refractivity contribution is 7.10. The average Bonchev–Trinajstić information content (AvgIpc) is 3.28. The molecule has 0 bridgehead atoms. The Morgan fingerprint density at radius 1 is 1.27 bits per heavy atom. The third-order valence-corrected chi connectivity index (χ3v) is 5.88. The number of hydrogen-bond acceptors (Lipinski definition) is 5. The van der Waals surface area contributed by atoms with E-state index in [4.69, 9.17) is 9.47 Å². The van der Waals surface area contributed by atoms with Crippen LogP contribution in [0.15, 0.2) is 35.7 Å². The van der Waals surface area contributed by atoms with E-state index in [2.05, 4.69) is 5.32 Å². The van der Waals surface area contributed by atoms with Crippen LogP contribution in [0, 0.1) is 0 Å². The van der Waals surface area contributed by atoms with Crippen LogP contribution >= 0.6 is 11.3 Å². The first-order valence-corrected chi connectivity index (χ1v) is 9.44. The van der Waals surface area contributed by atoms with Gasteiger partial charge in [0.25, 0.3) is 0 Å². The number of thiophene rings is 1. The number of benzene rings is 1. The van der Waals surface area contributed by atoms with Crippen LogP contribution < -0.4 is 14.8 Å². The zero-order chi connectivity index (χ0) is 18.1. The molecular weight excluding hydrogens is 352 g/mol. The predicted octanol–water partition coefficient (Wildman–Crippen LogP) is 2.33. The van der Waals surface area contributed by atoms with Gasteiger partial charge in [-0.1, -0.05) is 12.1 Å². The molecule has 0 spiro atoms. The number of ether oxygens (including phenoxy) is 2. The smallest absolute Gasteiger partial charge is 0.246 e. The molecule has 2 aliphatic rings. The van der Waals surface area contributed by atoms with Gasteiger partial charge in [0, 0.05) is 18.0 Å². The molecule has 1 aromatic carbocycles. The van der Waals surface area contributed by atoms with Crippen molar-refractivity contribution in [1.82, 2.24) is 10.2 Å². The van der Waals surface area contributed by atoms with Crippen molar-refractivity contribution in [3.63, 3.8) is 0 Å². The highest BCUT2D eigenvalue weighted by Crippen LogP contribution is 2.33. The van der Waals surface area contributed by atoms with Gasteiger partial charge >= 0.3 is 0 Å². The molecule has 0 saturated carbocycles. The van der Waals surface area contributed by atoms with E-state index < -0.39 is 5.54 Å². The Bertz CT molecular complexity index is 836. The summed E-state index contributed by atoms with van der Waals surface area (Å²) in [4.78, 5) is 28.0. The van der Waals surface area contributed by atoms with Gasteiger partial charge in [-0.05, 0) is 42.5 Å². The number of fused-ring (bicyclic) bond motifs is 1. The molecule has 4 rings (SSSR count). The molecule has 1 aromatic heterocycles. The van der Waals surface area contributed by atoms with Crippen molar-refractivity contribution in [2.75, 3.05) is 13.3 Å². The summed E-state index contributed by atoms with van der Waals surface area (Å²) in [7, 11) is 0. The van der Waals surface area contributed by atoms with Gasteiger partial charge in [-0.2, -0.15) is 0 Å². The molecule has 1 saturated heterocycles. The van der Waals surface area contributed by atoms with E-state index >= 15 is 0 Å². The number of amides is 2. The molecular formula is C19H20N2O4S. The molecule has 1 atom stereocenters. The monoisotopic (exact) mass is 372 g/mol. The van der Waals surface area contributed by atoms with E-state index in [1.165, 1.54) is 0 Å². The molecule has 1 unspecified atom stereocenters. The molecule has 2 amide bonds. The van der Waals surface area contributed by atoms with Crippen molar-refractivity contribution in [3.8, 4) is 11.5 Å². The molecule has 1 N–H and O–H groups in total. The fourth-order valence-electron chi connectivity index (χ4n) is 3.28. The molecule has 0 radical (unpaired) electrons. The van der Waals surface area contributed by atoms with E-state index in [0.29, 0.717) is 31.7 Å². The standard InChI is InChI=1S/C19H20N2O4S/c1-19(6-7-21(19)17(22)10-14-3-2-8-26-14)18(23)20-11-13-4-5-15-16(9-13)25-12-24-15/h2-5,8-9H,6-7,10-12H2,1H3,(H,20,23).